The number of nitriles is 1. The second-order valence-corrected chi connectivity index (χ2v) is 11.8. The minimum atomic E-state index is -0.584. The van der Waals surface area contributed by atoms with Crippen LogP contribution in [0.3, 0.4) is 0 Å². The van der Waals surface area contributed by atoms with Crippen LogP contribution in [-0.4, -0.2) is 60.0 Å². The van der Waals surface area contributed by atoms with E-state index in [0.717, 1.165) is 37.3 Å². The lowest BCUT2D eigenvalue weighted by atomic mass is 9.84. The third-order valence-corrected chi connectivity index (χ3v) is 6.66. The predicted octanol–water partition coefficient (Wildman–Crippen LogP) is 4.22. The van der Waals surface area contributed by atoms with Crippen LogP contribution in [0.15, 0.2) is 30.5 Å². The van der Waals surface area contributed by atoms with Gasteiger partial charge in [0.2, 0.25) is 11.7 Å². The molecule has 3 rings (SSSR count). The van der Waals surface area contributed by atoms with Crippen LogP contribution in [0, 0.1) is 22.2 Å². The lowest BCUT2D eigenvalue weighted by molar-refractivity contribution is -0.129. The maximum atomic E-state index is 13.2. The molecule has 0 spiro atoms. The van der Waals surface area contributed by atoms with Gasteiger partial charge >= 0.3 is 0 Å². The van der Waals surface area contributed by atoms with Crippen LogP contribution in [0.1, 0.15) is 64.9 Å². The van der Waals surface area contributed by atoms with Crippen molar-refractivity contribution in [2.24, 2.45) is 10.8 Å². The average Bonchev–Trinajstić information content (AvgIpc) is 2.86. The highest BCUT2D eigenvalue weighted by atomic mass is 16.2. The lowest BCUT2D eigenvalue weighted by Crippen LogP contribution is -2.46. The lowest BCUT2D eigenvalue weighted by Gasteiger charge is -2.36. The zero-order valence-electron chi connectivity index (χ0n) is 23.4. The summed E-state index contributed by atoms with van der Waals surface area (Å²) in [6.07, 6.45) is 3.46. The number of piperazine rings is 1. The highest BCUT2D eigenvalue weighted by Gasteiger charge is 2.28. The van der Waals surface area contributed by atoms with Gasteiger partial charge < -0.3 is 15.5 Å². The molecule has 8 heteroatoms. The molecule has 2 heterocycles. The molecule has 0 aliphatic carbocycles. The molecule has 1 amide bonds. The van der Waals surface area contributed by atoms with E-state index in [0.29, 0.717) is 25.3 Å². The molecule has 1 aromatic heterocycles. The van der Waals surface area contributed by atoms with Crippen LogP contribution in [0.4, 0.5) is 11.5 Å². The molecule has 1 saturated heterocycles. The summed E-state index contributed by atoms with van der Waals surface area (Å²) in [6, 6.07) is 10.6. The fourth-order valence-corrected chi connectivity index (χ4v) is 4.47. The number of benzene rings is 1. The van der Waals surface area contributed by atoms with E-state index in [1.54, 1.807) is 6.20 Å². The molecule has 1 fully saturated rings. The van der Waals surface area contributed by atoms with Crippen molar-refractivity contribution in [3.05, 3.63) is 47.4 Å². The second kappa shape index (κ2) is 12.4. The van der Waals surface area contributed by atoms with Gasteiger partial charge in [-0.2, -0.15) is 5.26 Å². The Balaban J connectivity index is 1.58. The number of anilines is 2. The van der Waals surface area contributed by atoms with Gasteiger partial charge in [0.05, 0.1) is 0 Å². The molecule has 8 nitrogen and oxygen atoms in total. The number of hydrogen-bond acceptors (Lipinski definition) is 7. The molecule has 0 atom stereocenters. The minimum absolute atomic E-state index is 0.0326. The Kier molecular flexibility index (Phi) is 9.50. The van der Waals surface area contributed by atoms with Crippen LogP contribution in [0.2, 0.25) is 0 Å². The van der Waals surface area contributed by atoms with Crippen LogP contribution in [0.5, 0.6) is 0 Å². The molecule has 1 aliphatic heterocycles. The minimum Gasteiger partial charge on any atom is -0.369 e. The first-order valence-corrected chi connectivity index (χ1v) is 13.3. The number of amides is 1. The SMILES string of the molecule is CCCN1CCN(c2ccc(CC(C)(C)C(=O)NCc3cnc(C#N)nc3NCC(C)(C)C)cc2)CC1. The van der Waals surface area contributed by atoms with Crippen molar-refractivity contribution in [3.63, 3.8) is 0 Å². The van der Waals surface area contributed by atoms with E-state index in [2.05, 4.69) is 82.4 Å². The van der Waals surface area contributed by atoms with E-state index in [-0.39, 0.29) is 17.1 Å². The molecule has 0 radical (unpaired) electrons. The van der Waals surface area contributed by atoms with Crippen LogP contribution in [-0.2, 0) is 17.8 Å². The van der Waals surface area contributed by atoms with Crippen LogP contribution < -0.4 is 15.5 Å². The third-order valence-electron chi connectivity index (χ3n) is 6.66. The maximum Gasteiger partial charge on any atom is 0.234 e. The van der Waals surface area contributed by atoms with Gasteiger partial charge in [0, 0.05) is 62.1 Å². The summed E-state index contributed by atoms with van der Waals surface area (Å²) < 4.78 is 0. The van der Waals surface area contributed by atoms with Gasteiger partial charge in [0.1, 0.15) is 11.9 Å². The van der Waals surface area contributed by atoms with Gasteiger partial charge in [-0.05, 0) is 42.5 Å². The van der Waals surface area contributed by atoms with Gasteiger partial charge in [0.15, 0.2) is 0 Å². The first-order chi connectivity index (χ1) is 17.5. The first-order valence-electron chi connectivity index (χ1n) is 13.3. The molecule has 1 aliphatic rings. The summed E-state index contributed by atoms with van der Waals surface area (Å²) in [5, 5.41) is 15.6. The largest absolute Gasteiger partial charge is 0.369 e. The van der Waals surface area contributed by atoms with Gasteiger partial charge in [-0.1, -0.05) is 53.7 Å². The van der Waals surface area contributed by atoms with E-state index >= 15 is 0 Å². The Bertz CT molecular complexity index is 1070. The first kappa shape index (κ1) is 28.4. The van der Waals surface area contributed by atoms with Crippen molar-refractivity contribution >= 4 is 17.4 Å². The Morgan fingerprint density at radius 1 is 1.08 bits per heavy atom. The van der Waals surface area contributed by atoms with Crippen LogP contribution in [0.25, 0.3) is 0 Å². The maximum absolute atomic E-state index is 13.2. The normalized spacial score (nSPS) is 14.8. The molecule has 37 heavy (non-hydrogen) atoms. The van der Waals surface area contributed by atoms with E-state index in [4.69, 9.17) is 0 Å². The van der Waals surface area contributed by atoms with Crippen molar-refractivity contribution in [3.8, 4) is 6.07 Å². The number of rotatable bonds is 10. The highest BCUT2D eigenvalue weighted by Crippen LogP contribution is 2.25. The molecular weight excluding hydrogens is 462 g/mol. The molecule has 2 N–H and O–H groups in total. The van der Waals surface area contributed by atoms with Crippen LogP contribution >= 0.6 is 0 Å². The molecule has 0 bridgehead atoms. The Morgan fingerprint density at radius 3 is 2.35 bits per heavy atom. The van der Waals surface area contributed by atoms with Gasteiger partial charge in [-0.15, -0.1) is 0 Å². The predicted molar refractivity (Wildman–Crippen MR) is 149 cm³/mol. The number of hydrogen-bond donors (Lipinski definition) is 2. The molecule has 1 aromatic carbocycles. The van der Waals surface area contributed by atoms with E-state index in [1.807, 2.05) is 19.9 Å². The van der Waals surface area contributed by atoms with Gasteiger partial charge in [0.25, 0.3) is 0 Å². The summed E-state index contributed by atoms with van der Waals surface area (Å²) in [6.45, 7) is 19.0. The zero-order valence-corrected chi connectivity index (χ0v) is 23.4. The van der Waals surface area contributed by atoms with E-state index in [1.165, 1.54) is 18.7 Å². The summed E-state index contributed by atoms with van der Waals surface area (Å²) in [7, 11) is 0. The van der Waals surface area contributed by atoms with Crippen molar-refractivity contribution in [2.75, 3.05) is 49.5 Å². The quantitative estimate of drug-likeness (QED) is 0.499. The summed E-state index contributed by atoms with van der Waals surface area (Å²) >= 11 is 0. The summed E-state index contributed by atoms with van der Waals surface area (Å²) in [4.78, 5) is 26.5. The molecular formula is C29H43N7O. The van der Waals surface area contributed by atoms with Gasteiger partial charge in [-0.25, -0.2) is 9.97 Å². The fourth-order valence-electron chi connectivity index (χ4n) is 4.47. The standard InChI is InChI=1S/C29H43N7O/c1-7-12-35-13-15-36(16-14-35)24-10-8-22(9-11-24)17-29(5,6)27(37)32-20-23-19-31-25(18-30)34-26(23)33-21-28(2,3)4/h8-11,19H,7,12-17,20-21H2,1-6H3,(H,32,37)(H,31,33,34). The van der Waals surface area contributed by atoms with E-state index in [9.17, 15) is 10.1 Å². The fraction of sp³-hybridized carbons (Fsp3) is 0.586. The Morgan fingerprint density at radius 2 is 1.76 bits per heavy atom. The monoisotopic (exact) mass is 505 g/mol. The van der Waals surface area contributed by atoms with E-state index < -0.39 is 5.41 Å². The topological polar surface area (TPSA) is 97.2 Å². The summed E-state index contributed by atoms with van der Waals surface area (Å²) in [5.41, 5.74) is 2.61. The smallest absolute Gasteiger partial charge is 0.234 e. The number of aromatic nitrogens is 2. The zero-order chi connectivity index (χ0) is 27.1. The van der Waals surface area contributed by atoms with Crippen molar-refractivity contribution in [2.45, 2.75) is 60.9 Å². The number of carbonyl (C=O) groups excluding carboxylic acids is 1. The Labute approximate surface area is 222 Å². The highest BCUT2D eigenvalue weighted by molar-refractivity contribution is 5.82. The number of carbonyl (C=O) groups is 1. The van der Waals surface area contributed by atoms with Crippen molar-refractivity contribution < 1.29 is 4.79 Å². The molecule has 200 valence electrons. The second-order valence-electron chi connectivity index (χ2n) is 11.8. The number of nitrogens with zero attached hydrogens (tertiary/aromatic N) is 5. The molecule has 0 saturated carbocycles. The Hall–Kier alpha value is -3.18. The van der Waals surface area contributed by atoms with Gasteiger partial charge in [-0.3, -0.25) is 9.69 Å². The molecule has 2 aromatic rings. The third kappa shape index (κ3) is 8.43. The summed E-state index contributed by atoms with van der Waals surface area (Å²) in [5.74, 6) is 0.665. The average molecular weight is 506 g/mol. The molecule has 0 unspecified atom stereocenters. The van der Waals surface area contributed by atoms with Crippen molar-refractivity contribution in [1.29, 1.82) is 5.26 Å². The van der Waals surface area contributed by atoms with Crippen molar-refractivity contribution in [1.82, 2.24) is 20.2 Å². The number of nitrogens with one attached hydrogen (secondary N) is 2.